The molecule has 0 fully saturated rings. The lowest BCUT2D eigenvalue weighted by Crippen LogP contribution is -2.07. The molecule has 0 aliphatic carbocycles. The normalized spacial score (nSPS) is 10.3. The van der Waals surface area contributed by atoms with Gasteiger partial charge in [0.05, 0.1) is 7.11 Å². The van der Waals surface area contributed by atoms with Gasteiger partial charge in [-0.2, -0.15) is 0 Å². The van der Waals surface area contributed by atoms with Crippen molar-refractivity contribution in [2.24, 2.45) is 0 Å². The van der Waals surface area contributed by atoms with E-state index in [0.717, 1.165) is 26.0 Å². The van der Waals surface area contributed by atoms with Crippen molar-refractivity contribution in [2.75, 3.05) is 7.11 Å². The first kappa shape index (κ1) is 14.1. The lowest BCUT2D eigenvalue weighted by Gasteiger charge is -2.09. The molecule has 0 atom stereocenters. The van der Waals surface area contributed by atoms with E-state index in [9.17, 15) is 4.79 Å². The molecule has 0 spiro atoms. The quantitative estimate of drug-likeness (QED) is 0.603. The third kappa shape index (κ3) is 3.35. The Labute approximate surface area is 126 Å². The maximum absolute atomic E-state index is 12.4. The second kappa shape index (κ2) is 6.19. The summed E-state index contributed by atoms with van der Waals surface area (Å²) in [5.41, 5.74) is 2.84. The van der Waals surface area contributed by atoms with E-state index in [1.54, 1.807) is 7.11 Å². The number of hydrogen-bond acceptors (Lipinski definition) is 2. The summed E-state index contributed by atoms with van der Waals surface area (Å²) in [6.07, 6.45) is 0.366. The number of halogens is 1. The van der Waals surface area contributed by atoms with E-state index >= 15 is 0 Å². The number of methoxy groups -OCH3 is 1. The van der Waals surface area contributed by atoms with Gasteiger partial charge in [-0.05, 0) is 41.6 Å². The van der Waals surface area contributed by atoms with E-state index in [2.05, 4.69) is 22.6 Å². The molecule has 2 nitrogen and oxygen atoms in total. The summed E-state index contributed by atoms with van der Waals surface area (Å²) in [5.74, 6) is 0.888. The van der Waals surface area contributed by atoms with Gasteiger partial charge in [0, 0.05) is 21.1 Å². The molecule has 0 N–H and O–H groups in total. The average Bonchev–Trinajstić information content (AvgIpc) is 2.39. The Hall–Kier alpha value is -1.36. The van der Waals surface area contributed by atoms with Crippen molar-refractivity contribution in [3.8, 4) is 5.75 Å². The number of carbonyl (C=O) groups is 1. The van der Waals surface area contributed by atoms with Gasteiger partial charge in [0.2, 0.25) is 0 Å². The Morgan fingerprint density at radius 3 is 2.63 bits per heavy atom. The molecule has 2 aromatic rings. The number of benzene rings is 2. The van der Waals surface area contributed by atoms with Gasteiger partial charge in [0.1, 0.15) is 5.75 Å². The van der Waals surface area contributed by atoms with Crippen molar-refractivity contribution in [1.82, 2.24) is 0 Å². The molecule has 98 valence electrons. The van der Waals surface area contributed by atoms with Crippen LogP contribution in [0.4, 0.5) is 0 Å². The minimum absolute atomic E-state index is 0.119. The predicted molar refractivity (Wildman–Crippen MR) is 84.9 cm³/mol. The van der Waals surface area contributed by atoms with Crippen LogP contribution in [0.5, 0.6) is 5.75 Å². The third-order valence-electron chi connectivity index (χ3n) is 2.96. The molecule has 0 aliphatic rings. The van der Waals surface area contributed by atoms with Gasteiger partial charge in [-0.25, -0.2) is 0 Å². The van der Waals surface area contributed by atoms with Gasteiger partial charge < -0.3 is 4.74 Å². The first-order valence-electron chi connectivity index (χ1n) is 6.03. The molecule has 0 aliphatic heterocycles. The van der Waals surface area contributed by atoms with Crippen molar-refractivity contribution < 1.29 is 9.53 Å². The van der Waals surface area contributed by atoms with Crippen molar-refractivity contribution in [2.45, 2.75) is 13.3 Å². The SMILES string of the molecule is COc1ccc(C)cc1CC(=O)c1ccccc1I. The molecule has 0 bridgehead atoms. The fraction of sp³-hybridized carbons (Fsp3) is 0.188. The third-order valence-corrected chi connectivity index (χ3v) is 3.90. The first-order chi connectivity index (χ1) is 9.11. The lowest BCUT2D eigenvalue weighted by atomic mass is 10.0. The zero-order valence-corrected chi connectivity index (χ0v) is 13.1. The molecule has 0 unspecified atom stereocenters. The predicted octanol–water partition coefficient (Wildman–Crippen LogP) is 4.03. The van der Waals surface area contributed by atoms with E-state index in [4.69, 9.17) is 4.74 Å². The molecule has 0 radical (unpaired) electrons. The van der Waals surface area contributed by atoms with Crippen LogP contribution in [0, 0.1) is 10.5 Å². The van der Waals surface area contributed by atoms with Gasteiger partial charge in [-0.15, -0.1) is 0 Å². The molecule has 3 heteroatoms. The standard InChI is InChI=1S/C16H15IO2/c1-11-7-8-16(19-2)12(9-11)10-15(18)13-5-3-4-6-14(13)17/h3-9H,10H2,1-2H3. The molecule has 2 rings (SSSR count). The maximum atomic E-state index is 12.4. The number of carbonyl (C=O) groups excluding carboxylic acids is 1. The summed E-state index contributed by atoms with van der Waals surface area (Å²) in [6.45, 7) is 2.01. The summed E-state index contributed by atoms with van der Waals surface area (Å²) >= 11 is 2.19. The minimum atomic E-state index is 0.119. The van der Waals surface area contributed by atoms with E-state index in [-0.39, 0.29) is 5.78 Å². The summed E-state index contributed by atoms with van der Waals surface area (Å²) in [7, 11) is 1.63. The lowest BCUT2D eigenvalue weighted by molar-refractivity contribution is 0.0991. The second-order valence-corrected chi connectivity index (χ2v) is 5.56. The highest BCUT2D eigenvalue weighted by molar-refractivity contribution is 14.1. The zero-order valence-electron chi connectivity index (χ0n) is 10.9. The van der Waals surface area contributed by atoms with Crippen molar-refractivity contribution in [3.63, 3.8) is 0 Å². The highest BCUT2D eigenvalue weighted by Gasteiger charge is 2.13. The highest BCUT2D eigenvalue weighted by atomic mass is 127. The van der Waals surface area contributed by atoms with Crippen molar-refractivity contribution >= 4 is 28.4 Å². The molecule has 19 heavy (non-hydrogen) atoms. The number of ether oxygens (including phenoxy) is 1. The summed E-state index contributed by atoms with van der Waals surface area (Å²) < 4.78 is 6.30. The molecule has 0 saturated carbocycles. The number of hydrogen-bond donors (Lipinski definition) is 0. The molecule has 0 saturated heterocycles. The van der Waals surface area contributed by atoms with Crippen LogP contribution in [0.1, 0.15) is 21.5 Å². The highest BCUT2D eigenvalue weighted by Crippen LogP contribution is 2.22. The fourth-order valence-corrected chi connectivity index (χ4v) is 2.69. The Morgan fingerprint density at radius 1 is 1.21 bits per heavy atom. The first-order valence-corrected chi connectivity index (χ1v) is 7.11. The van der Waals surface area contributed by atoms with Crippen LogP contribution in [-0.4, -0.2) is 12.9 Å². The Balaban J connectivity index is 2.29. The molecular weight excluding hydrogens is 351 g/mol. The van der Waals surface area contributed by atoms with E-state index in [1.807, 2.05) is 49.4 Å². The molecule has 0 aromatic heterocycles. The molecule has 0 amide bonds. The molecule has 0 heterocycles. The number of Topliss-reactive ketones (excluding diaryl/α,β-unsaturated/α-hetero) is 1. The van der Waals surface area contributed by atoms with Crippen LogP contribution in [0.2, 0.25) is 0 Å². The Morgan fingerprint density at radius 2 is 1.95 bits per heavy atom. The Bertz CT molecular complexity index is 605. The van der Waals surface area contributed by atoms with E-state index in [0.29, 0.717) is 6.42 Å². The van der Waals surface area contributed by atoms with Gasteiger partial charge in [0.15, 0.2) is 5.78 Å². The van der Waals surface area contributed by atoms with Gasteiger partial charge in [0.25, 0.3) is 0 Å². The topological polar surface area (TPSA) is 26.3 Å². The van der Waals surface area contributed by atoms with E-state index < -0.39 is 0 Å². The van der Waals surface area contributed by atoms with Crippen LogP contribution in [0.15, 0.2) is 42.5 Å². The minimum Gasteiger partial charge on any atom is -0.496 e. The summed E-state index contributed by atoms with van der Waals surface area (Å²) in [5, 5.41) is 0. The van der Waals surface area contributed by atoms with Crippen molar-refractivity contribution in [3.05, 3.63) is 62.7 Å². The largest absolute Gasteiger partial charge is 0.496 e. The summed E-state index contributed by atoms with van der Waals surface area (Å²) in [6, 6.07) is 13.5. The number of rotatable bonds is 4. The van der Waals surface area contributed by atoms with Gasteiger partial charge in [-0.1, -0.05) is 35.9 Å². The molecular formula is C16H15IO2. The van der Waals surface area contributed by atoms with Crippen molar-refractivity contribution in [1.29, 1.82) is 0 Å². The number of aryl methyl sites for hydroxylation is 1. The van der Waals surface area contributed by atoms with E-state index in [1.165, 1.54) is 0 Å². The second-order valence-electron chi connectivity index (χ2n) is 4.40. The Kier molecular flexibility index (Phi) is 4.58. The van der Waals surface area contributed by atoms with Gasteiger partial charge >= 0.3 is 0 Å². The van der Waals surface area contributed by atoms with Crippen LogP contribution < -0.4 is 4.74 Å². The van der Waals surface area contributed by atoms with Gasteiger partial charge in [-0.3, -0.25) is 4.79 Å². The summed E-state index contributed by atoms with van der Waals surface area (Å²) in [4.78, 5) is 12.4. The fourth-order valence-electron chi connectivity index (χ4n) is 2.00. The van der Waals surface area contributed by atoms with Crippen LogP contribution in [0.3, 0.4) is 0 Å². The molecule has 2 aromatic carbocycles. The van der Waals surface area contributed by atoms with Crippen LogP contribution >= 0.6 is 22.6 Å². The smallest absolute Gasteiger partial charge is 0.168 e. The van der Waals surface area contributed by atoms with Crippen LogP contribution in [0.25, 0.3) is 0 Å². The average molecular weight is 366 g/mol. The number of ketones is 1. The monoisotopic (exact) mass is 366 g/mol. The van der Waals surface area contributed by atoms with Crippen LogP contribution in [-0.2, 0) is 6.42 Å². The maximum Gasteiger partial charge on any atom is 0.168 e. The zero-order chi connectivity index (χ0) is 13.8.